The molecule has 6 heteroatoms. The van der Waals surface area contributed by atoms with Gasteiger partial charge in [0.25, 0.3) is 5.91 Å². The Morgan fingerprint density at radius 3 is 2.40 bits per heavy atom. The van der Waals surface area contributed by atoms with Gasteiger partial charge in [-0.3, -0.25) is 4.79 Å². The number of hydrogen-bond donors (Lipinski definition) is 1. The Hall–Kier alpha value is -3.33. The van der Waals surface area contributed by atoms with Crippen LogP contribution < -0.4 is 10.1 Å². The topological polar surface area (TPSA) is 88.4 Å². The molecule has 2 rings (SSSR count). The van der Waals surface area contributed by atoms with Crippen molar-refractivity contribution < 1.29 is 19.1 Å². The second kappa shape index (κ2) is 8.50. The van der Waals surface area contributed by atoms with E-state index in [0.29, 0.717) is 16.9 Å². The van der Waals surface area contributed by atoms with Gasteiger partial charge in [-0.25, -0.2) is 4.79 Å². The minimum Gasteiger partial charge on any atom is -0.496 e. The van der Waals surface area contributed by atoms with Crippen LogP contribution in [0, 0.1) is 11.3 Å². The SMILES string of the molecule is COC(=O)[C@H](Cc1ccccc1OC)NC(=O)c1ccc(C#N)cc1. The summed E-state index contributed by atoms with van der Waals surface area (Å²) in [6.45, 7) is 0. The number of rotatable bonds is 6. The number of esters is 1. The van der Waals surface area contributed by atoms with Gasteiger partial charge in [-0.1, -0.05) is 18.2 Å². The molecule has 2 aromatic rings. The zero-order chi connectivity index (χ0) is 18.2. The molecule has 25 heavy (non-hydrogen) atoms. The number of amides is 1. The standard InChI is InChI=1S/C19H18N2O4/c1-24-17-6-4-3-5-15(17)11-16(19(23)25-2)21-18(22)14-9-7-13(12-20)8-10-14/h3-10,16H,11H2,1-2H3,(H,21,22)/t16-/m0/s1. The van der Waals surface area contributed by atoms with E-state index in [1.165, 1.54) is 19.2 Å². The molecule has 0 bridgehead atoms. The molecular formula is C19H18N2O4. The summed E-state index contributed by atoms with van der Waals surface area (Å²) in [7, 11) is 2.81. The van der Waals surface area contributed by atoms with Gasteiger partial charge in [0.05, 0.1) is 25.9 Å². The fraction of sp³-hybridized carbons (Fsp3) is 0.211. The van der Waals surface area contributed by atoms with Crippen LogP contribution in [0.15, 0.2) is 48.5 Å². The lowest BCUT2D eigenvalue weighted by atomic mass is 10.0. The predicted molar refractivity (Wildman–Crippen MR) is 91.1 cm³/mol. The summed E-state index contributed by atoms with van der Waals surface area (Å²) >= 11 is 0. The van der Waals surface area contributed by atoms with E-state index < -0.39 is 17.9 Å². The van der Waals surface area contributed by atoms with Gasteiger partial charge in [0.2, 0.25) is 0 Å². The normalized spacial score (nSPS) is 11.1. The molecule has 6 nitrogen and oxygen atoms in total. The molecule has 1 N–H and O–H groups in total. The molecule has 0 fully saturated rings. The first-order valence-corrected chi connectivity index (χ1v) is 7.59. The number of nitriles is 1. The van der Waals surface area contributed by atoms with Crippen molar-refractivity contribution in [2.45, 2.75) is 12.5 Å². The highest BCUT2D eigenvalue weighted by molar-refractivity contribution is 5.96. The van der Waals surface area contributed by atoms with E-state index in [-0.39, 0.29) is 6.42 Å². The predicted octanol–water partition coefficient (Wildman–Crippen LogP) is 2.08. The molecule has 0 aliphatic rings. The molecule has 0 radical (unpaired) electrons. The molecule has 0 unspecified atom stereocenters. The number of nitrogens with one attached hydrogen (secondary N) is 1. The lowest BCUT2D eigenvalue weighted by molar-refractivity contribution is -0.142. The van der Waals surface area contributed by atoms with E-state index in [9.17, 15) is 9.59 Å². The Bertz CT molecular complexity index is 794. The summed E-state index contributed by atoms with van der Waals surface area (Å²) < 4.78 is 10.1. The molecule has 1 atom stereocenters. The lowest BCUT2D eigenvalue weighted by Gasteiger charge is -2.18. The van der Waals surface area contributed by atoms with Gasteiger partial charge in [0.1, 0.15) is 11.8 Å². The Morgan fingerprint density at radius 2 is 1.80 bits per heavy atom. The van der Waals surface area contributed by atoms with Gasteiger partial charge in [0.15, 0.2) is 0 Å². The number of para-hydroxylation sites is 1. The van der Waals surface area contributed by atoms with Gasteiger partial charge in [0, 0.05) is 12.0 Å². The van der Waals surface area contributed by atoms with Crippen LogP contribution in [0.5, 0.6) is 5.75 Å². The van der Waals surface area contributed by atoms with Crippen LogP contribution in [0.4, 0.5) is 0 Å². The van der Waals surface area contributed by atoms with Gasteiger partial charge < -0.3 is 14.8 Å². The second-order valence-corrected chi connectivity index (χ2v) is 5.25. The third-order valence-corrected chi connectivity index (χ3v) is 3.68. The summed E-state index contributed by atoms with van der Waals surface area (Å²) in [4.78, 5) is 24.4. The van der Waals surface area contributed by atoms with Crippen LogP contribution in [0.25, 0.3) is 0 Å². The van der Waals surface area contributed by atoms with E-state index in [1.54, 1.807) is 25.3 Å². The van der Waals surface area contributed by atoms with Crippen molar-refractivity contribution in [3.63, 3.8) is 0 Å². The number of ether oxygens (including phenoxy) is 2. The minimum absolute atomic E-state index is 0.235. The van der Waals surface area contributed by atoms with Crippen LogP contribution >= 0.6 is 0 Å². The molecule has 1 amide bonds. The lowest BCUT2D eigenvalue weighted by Crippen LogP contribution is -2.43. The minimum atomic E-state index is -0.857. The van der Waals surface area contributed by atoms with Crippen molar-refractivity contribution in [2.75, 3.05) is 14.2 Å². The summed E-state index contributed by atoms with van der Waals surface area (Å²) in [6.07, 6.45) is 0.235. The van der Waals surface area contributed by atoms with E-state index in [1.807, 2.05) is 24.3 Å². The van der Waals surface area contributed by atoms with E-state index in [0.717, 1.165) is 5.56 Å². The van der Waals surface area contributed by atoms with Gasteiger partial charge in [-0.2, -0.15) is 5.26 Å². The van der Waals surface area contributed by atoms with Crippen LogP contribution in [0.2, 0.25) is 0 Å². The maximum atomic E-state index is 12.4. The Labute approximate surface area is 146 Å². The summed E-state index contributed by atoms with van der Waals surface area (Å²) in [5, 5.41) is 11.5. The number of carbonyl (C=O) groups is 2. The van der Waals surface area contributed by atoms with Crippen molar-refractivity contribution in [1.82, 2.24) is 5.32 Å². The fourth-order valence-corrected chi connectivity index (χ4v) is 2.36. The second-order valence-electron chi connectivity index (χ2n) is 5.25. The van der Waals surface area contributed by atoms with Crippen molar-refractivity contribution in [2.24, 2.45) is 0 Å². The average Bonchev–Trinajstić information content (AvgIpc) is 2.67. The fourth-order valence-electron chi connectivity index (χ4n) is 2.36. The van der Waals surface area contributed by atoms with Crippen LogP contribution in [0.3, 0.4) is 0 Å². The van der Waals surface area contributed by atoms with E-state index >= 15 is 0 Å². The molecule has 0 saturated heterocycles. The third-order valence-electron chi connectivity index (χ3n) is 3.68. The van der Waals surface area contributed by atoms with E-state index in [2.05, 4.69) is 5.32 Å². The summed E-state index contributed by atoms with van der Waals surface area (Å²) in [6, 6.07) is 14.5. The maximum absolute atomic E-state index is 12.4. The summed E-state index contributed by atoms with van der Waals surface area (Å²) in [5.74, 6) is -0.341. The monoisotopic (exact) mass is 338 g/mol. The third kappa shape index (κ3) is 4.58. The molecule has 0 saturated carbocycles. The van der Waals surface area contributed by atoms with Gasteiger partial charge >= 0.3 is 5.97 Å². The quantitative estimate of drug-likeness (QED) is 0.815. The maximum Gasteiger partial charge on any atom is 0.328 e. The van der Waals surface area contributed by atoms with Crippen LogP contribution in [-0.4, -0.2) is 32.1 Å². The Kier molecular flexibility index (Phi) is 6.13. The molecule has 2 aromatic carbocycles. The largest absolute Gasteiger partial charge is 0.496 e. The van der Waals surface area contributed by atoms with Crippen molar-refractivity contribution in [3.8, 4) is 11.8 Å². The van der Waals surface area contributed by atoms with Crippen molar-refractivity contribution in [1.29, 1.82) is 5.26 Å². The first-order chi connectivity index (χ1) is 12.1. The molecule has 0 heterocycles. The molecule has 0 aliphatic heterocycles. The highest BCUT2D eigenvalue weighted by Crippen LogP contribution is 2.19. The molecule has 0 spiro atoms. The van der Waals surface area contributed by atoms with Crippen molar-refractivity contribution in [3.05, 3.63) is 65.2 Å². The molecule has 0 aliphatic carbocycles. The van der Waals surface area contributed by atoms with Crippen LogP contribution in [-0.2, 0) is 16.0 Å². The zero-order valence-electron chi connectivity index (χ0n) is 14.0. The number of carbonyl (C=O) groups excluding carboxylic acids is 2. The molecule has 128 valence electrons. The van der Waals surface area contributed by atoms with Gasteiger partial charge in [-0.15, -0.1) is 0 Å². The molecular weight excluding hydrogens is 320 g/mol. The number of benzene rings is 2. The molecule has 0 aromatic heterocycles. The average molecular weight is 338 g/mol. The number of nitrogens with zero attached hydrogens (tertiary/aromatic N) is 1. The highest BCUT2D eigenvalue weighted by atomic mass is 16.5. The van der Waals surface area contributed by atoms with Gasteiger partial charge in [-0.05, 0) is 35.9 Å². The first kappa shape index (κ1) is 18.0. The number of methoxy groups -OCH3 is 2. The Balaban J connectivity index is 2.18. The Morgan fingerprint density at radius 1 is 1.12 bits per heavy atom. The zero-order valence-corrected chi connectivity index (χ0v) is 14.0. The van der Waals surface area contributed by atoms with Crippen LogP contribution in [0.1, 0.15) is 21.5 Å². The van der Waals surface area contributed by atoms with E-state index in [4.69, 9.17) is 14.7 Å². The first-order valence-electron chi connectivity index (χ1n) is 7.59. The highest BCUT2D eigenvalue weighted by Gasteiger charge is 2.23. The smallest absolute Gasteiger partial charge is 0.328 e. The summed E-state index contributed by atoms with van der Waals surface area (Å²) in [5.41, 5.74) is 1.59. The number of hydrogen-bond acceptors (Lipinski definition) is 5. The van der Waals surface area contributed by atoms with Crippen molar-refractivity contribution >= 4 is 11.9 Å².